The van der Waals surface area contributed by atoms with Crippen molar-refractivity contribution in [3.63, 3.8) is 0 Å². The fraction of sp³-hybridized carbons (Fsp3) is 0.133. The molecule has 0 fully saturated rings. The Morgan fingerprint density at radius 1 is 1.20 bits per heavy atom. The summed E-state index contributed by atoms with van der Waals surface area (Å²) < 4.78 is 5.20. The van der Waals surface area contributed by atoms with Crippen molar-refractivity contribution < 1.29 is 14.6 Å². The third-order valence-electron chi connectivity index (χ3n) is 2.81. The highest BCUT2D eigenvalue weighted by Crippen LogP contribution is 2.38. The molecule has 0 aromatic heterocycles. The van der Waals surface area contributed by atoms with Gasteiger partial charge in [0, 0.05) is 0 Å². The summed E-state index contributed by atoms with van der Waals surface area (Å²) in [5, 5.41) is 9.90. The molecule has 0 aliphatic heterocycles. The van der Waals surface area contributed by atoms with E-state index in [-0.39, 0.29) is 21.4 Å². The van der Waals surface area contributed by atoms with Crippen molar-refractivity contribution in [2.45, 2.75) is 13.3 Å². The maximum Gasteiger partial charge on any atom is 0.345 e. The van der Waals surface area contributed by atoms with Crippen LogP contribution in [0.1, 0.15) is 22.8 Å². The van der Waals surface area contributed by atoms with Gasteiger partial charge in [0.2, 0.25) is 0 Å². The molecule has 0 amide bonds. The van der Waals surface area contributed by atoms with Crippen LogP contribution in [0.3, 0.4) is 0 Å². The molecular weight excluding hydrogens is 299 g/mol. The Bertz CT molecular complexity index is 639. The largest absolute Gasteiger partial charge is 0.505 e. The van der Waals surface area contributed by atoms with Gasteiger partial charge in [0.25, 0.3) is 0 Å². The highest BCUT2D eigenvalue weighted by atomic mass is 35.5. The molecule has 0 spiro atoms. The standard InChI is InChI=1S/C15H12Cl2O3/c1-2-9-8-11(13(17)14(18)12(9)16)15(19)20-10-6-4-3-5-7-10/h3-8,18H,2H2,1H3. The van der Waals surface area contributed by atoms with Crippen LogP contribution in [0.2, 0.25) is 10.0 Å². The summed E-state index contributed by atoms with van der Waals surface area (Å²) in [6, 6.07) is 10.2. The van der Waals surface area contributed by atoms with Crippen molar-refractivity contribution in [1.82, 2.24) is 0 Å². The number of rotatable bonds is 3. The SMILES string of the molecule is CCc1cc(C(=O)Oc2ccccc2)c(Cl)c(O)c1Cl. The second-order valence-electron chi connectivity index (χ2n) is 4.12. The van der Waals surface area contributed by atoms with Crippen LogP contribution >= 0.6 is 23.2 Å². The number of phenolic OH excluding ortho intramolecular Hbond substituents is 1. The van der Waals surface area contributed by atoms with Gasteiger partial charge in [-0.15, -0.1) is 0 Å². The molecule has 0 heterocycles. The molecule has 0 unspecified atom stereocenters. The van der Waals surface area contributed by atoms with Crippen LogP contribution in [0.5, 0.6) is 11.5 Å². The predicted molar refractivity (Wildman–Crippen MR) is 78.9 cm³/mol. The predicted octanol–water partition coefficient (Wildman–Crippen LogP) is 4.48. The van der Waals surface area contributed by atoms with Crippen molar-refractivity contribution in [2.75, 3.05) is 0 Å². The van der Waals surface area contributed by atoms with Gasteiger partial charge in [-0.3, -0.25) is 0 Å². The summed E-state index contributed by atoms with van der Waals surface area (Å²) >= 11 is 11.9. The second kappa shape index (κ2) is 6.16. The lowest BCUT2D eigenvalue weighted by Crippen LogP contribution is -2.10. The first kappa shape index (κ1) is 14.7. The number of ether oxygens (including phenoxy) is 1. The molecule has 3 nitrogen and oxygen atoms in total. The van der Waals surface area contributed by atoms with Crippen LogP contribution in [0, 0.1) is 0 Å². The molecule has 20 heavy (non-hydrogen) atoms. The number of carbonyl (C=O) groups excluding carboxylic acids is 1. The third-order valence-corrected chi connectivity index (χ3v) is 3.61. The molecule has 0 bridgehead atoms. The number of hydrogen-bond donors (Lipinski definition) is 1. The van der Waals surface area contributed by atoms with E-state index in [9.17, 15) is 9.90 Å². The van der Waals surface area contributed by atoms with Gasteiger partial charge in [0.15, 0.2) is 5.75 Å². The Morgan fingerprint density at radius 2 is 1.85 bits per heavy atom. The van der Waals surface area contributed by atoms with E-state index >= 15 is 0 Å². The van der Waals surface area contributed by atoms with Crippen molar-refractivity contribution in [3.8, 4) is 11.5 Å². The first-order chi connectivity index (χ1) is 9.54. The molecule has 0 radical (unpaired) electrons. The number of carbonyl (C=O) groups is 1. The number of aryl methyl sites for hydroxylation is 1. The number of hydrogen-bond acceptors (Lipinski definition) is 3. The zero-order chi connectivity index (χ0) is 14.7. The number of esters is 1. The minimum atomic E-state index is -0.636. The van der Waals surface area contributed by atoms with Crippen LogP contribution in [-0.4, -0.2) is 11.1 Å². The molecule has 0 aliphatic carbocycles. The highest BCUT2D eigenvalue weighted by molar-refractivity contribution is 6.39. The van der Waals surface area contributed by atoms with Crippen LogP contribution in [0.25, 0.3) is 0 Å². The maximum absolute atomic E-state index is 12.1. The molecule has 0 saturated heterocycles. The van der Waals surface area contributed by atoms with E-state index in [0.717, 1.165) is 0 Å². The Kier molecular flexibility index (Phi) is 4.53. The highest BCUT2D eigenvalue weighted by Gasteiger charge is 2.20. The van der Waals surface area contributed by atoms with E-state index in [4.69, 9.17) is 27.9 Å². The lowest BCUT2D eigenvalue weighted by molar-refractivity contribution is 0.0734. The Morgan fingerprint density at radius 3 is 2.45 bits per heavy atom. The van der Waals surface area contributed by atoms with Crippen molar-refractivity contribution in [1.29, 1.82) is 0 Å². The van der Waals surface area contributed by atoms with E-state index < -0.39 is 5.97 Å². The van der Waals surface area contributed by atoms with Gasteiger partial charge in [0.1, 0.15) is 5.75 Å². The van der Waals surface area contributed by atoms with Gasteiger partial charge in [-0.05, 0) is 30.2 Å². The fourth-order valence-electron chi connectivity index (χ4n) is 1.73. The quantitative estimate of drug-likeness (QED) is 0.671. The van der Waals surface area contributed by atoms with E-state index in [1.807, 2.05) is 13.0 Å². The first-order valence-electron chi connectivity index (χ1n) is 6.01. The van der Waals surface area contributed by atoms with E-state index in [0.29, 0.717) is 17.7 Å². The van der Waals surface area contributed by atoms with Crippen molar-refractivity contribution >= 4 is 29.2 Å². The Hall–Kier alpha value is -1.71. The Balaban J connectivity index is 2.37. The number of phenols is 1. The van der Waals surface area contributed by atoms with E-state index in [2.05, 4.69) is 0 Å². The van der Waals surface area contributed by atoms with Gasteiger partial charge < -0.3 is 9.84 Å². The number of halogens is 2. The summed E-state index contributed by atoms with van der Waals surface area (Å²) in [6.45, 7) is 1.86. The average molecular weight is 311 g/mol. The van der Waals surface area contributed by atoms with Crippen LogP contribution in [0.15, 0.2) is 36.4 Å². The summed E-state index contributed by atoms with van der Waals surface area (Å²) in [6.07, 6.45) is 0.565. The lowest BCUT2D eigenvalue weighted by Gasteiger charge is -2.11. The van der Waals surface area contributed by atoms with Crippen LogP contribution in [-0.2, 0) is 6.42 Å². The average Bonchev–Trinajstić information content (AvgIpc) is 2.46. The topological polar surface area (TPSA) is 46.5 Å². The molecular formula is C15H12Cl2O3. The first-order valence-corrected chi connectivity index (χ1v) is 6.77. The summed E-state index contributed by atoms with van der Waals surface area (Å²) in [7, 11) is 0. The van der Waals surface area contributed by atoms with Gasteiger partial charge in [-0.2, -0.15) is 0 Å². The molecule has 0 atom stereocenters. The normalized spacial score (nSPS) is 10.3. The fourth-order valence-corrected chi connectivity index (χ4v) is 2.29. The monoisotopic (exact) mass is 310 g/mol. The summed E-state index contributed by atoms with van der Waals surface area (Å²) in [5.41, 5.74) is 0.725. The lowest BCUT2D eigenvalue weighted by atomic mass is 10.1. The van der Waals surface area contributed by atoms with Gasteiger partial charge >= 0.3 is 5.97 Å². The number of benzene rings is 2. The molecule has 0 saturated carbocycles. The van der Waals surface area contributed by atoms with Crippen LogP contribution < -0.4 is 4.74 Å². The smallest absolute Gasteiger partial charge is 0.345 e. The molecule has 5 heteroatoms. The maximum atomic E-state index is 12.1. The minimum Gasteiger partial charge on any atom is -0.505 e. The molecule has 2 aromatic rings. The molecule has 104 valence electrons. The third kappa shape index (κ3) is 2.89. The number of para-hydroxylation sites is 1. The second-order valence-corrected chi connectivity index (χ2v) is 4.87. The number of aromatic hydroxyl groups is 1. The van der Waals surface area contributed by atoms with Gasteiger partial charge in [-0.25, -0.2) is 4.79 Å². The van der Waals surface area contributed by atoms with Crippen molar-refractivity contribution in [2.24, 2.45) is 0 Å². The van der Waals surface area contributed by atoms with Crippen LogP contribution in [0.4, 0.5) is 0 Å². The minimum absolute atomic E-state index is 0.0919. The summed E-state index contributed by atoms with van der Waals surface area (Å²) in [5.74, 6) is -0.531. The molecule has 0 aliphatic rings. The van der Waals surface area contributed by atoms with E-state index in [1.54, 1.807) is 24.3 Å². The van der Waals surface area contributed by atoms with Gasteiger partial charge in [-0.1, -0.05) is 48.3 Å². The van der Waals surface area contributed by atoms with Crippen molar-refractivity contribution in [3.05, 3.63) is 57.6 Å². The molecule has 2 rings (SSSR count). The Labute approximate surface area is 126 Å². The summed E-state index contributed by atoms with van der Waals surface area (Å²) in [4.78, 5) is 12.1. The van der Waals surface area contributed by atoms with Gasteiger partial charge in [0.05, 0.1) is 15.6 Å². The molecule has 1 N–H and O–H groups in total. The zero-order valence-electron chi connectivity index (χ0n) is 10.7. The zero-order valence-corrected chi connectivity index (χ0v) is 12.2. The van der Waals surface area contributed by atoms with E-state index in [1.165, 1.54) is 6.07 Å². The molecule has 2 aromatic carbocycles.